The van der Waals surface area contributed by atoms with Gasteiger partial charge in [-0.05, 0) is 50.1 Å². The second-order valence-corrected chi connectivity index (χ2v) is 12.0. The molecule has 5 aromatic rings. The van der Waals surface area contributed by atoms with E-state index in [9.17, 15) is 0 Å². The molecule has 5 rings (SSSR count). The highest BCUT2D eigenvalue weighted by molar-refractivity contribution is 5.91. The molecule has 0 fully saturated rings. The zero-order chi connectivity index (χ0) is 31.4. The number of pyridine rings is 2. The van der Waals surface area contributed by atoms with E-state index in [1.54, 1.807) is 14.2 Å². The van der Waals surface area contributed by atoms with Gasteiger partial charge in [-0.1, -0.05) is 68.9 Å². The summed E-state index contributed by atoms with van der Waals surface area (Å²) in [5, 5.41) is 9.85. The minimum atomic E-state index is 0.748. The van der Waals surface area contributed by atoms with Crippen molar-refractivity contribution in [3.05, 3.63) is 95.8 Å². The van der Waals surface area contributed by atoms with E-state index in [1.807, 2.05) is 6.07 Å². The summed E-state index contributed by atoms with van der Waals surface area (Å²) in [6, 6.07) is 27.6. The van der Waals surface area contributed by atoms with E-state index in [4.69, 9.17) is 9.47 Å². The Morgan fingerprint density at radius 3 is 1.82 bits per heavy atom. The van der Waals surface area contributed by atoms with Crippen molar-refractivity contribution in [3.63, 3.8) is 0 Å². The van der Waals surface area contributed by atoms with Crippen LogP contribution in [-0.4, -0.2) is 32.3 Å². The van der Waals surface area contributed by atoms with Gasteiger partial charge in [0.2, 0.25) is 5.52 Å². The molecule has 236 valence electrons. The molecule has 0 radical (unpaired) electrons. The maximum Gasteiger partial charge on any atom is 0.215 e. The highest BCUT2D eigenvalue weighted by atomic mass is 16.5. The van der Waals surface area contributed by atoms with Gasteiger partial charge in [-0.3, -0.25) is 4.98 Å². The fourth-order valence-corrected chi connectivity index (χ4v) is 6.20. The van der Waals surface area contributed by atoms with Crippen LogP contribution in [0.15, 0.2) is 78.9 Å². The topological polar surface area (TPSA) is 59.3 Å². The van der Waals surface area contributed by atoms with E-state index in [2.05, 4.69) is 107 Å². The molecule has 2 heterocycles. The molecule has 0 saturated carbocycles. The number of aryl methyl sites for hydroxylation is 2. The van der Waals surface area contributed by atoms with E-state index >= 15 is 0 Å². The Morgan fingerprint density at radius 1 is 0.622 bits per heavy atom. The van der Waals surface area contributed by atoms with Crippen LogP contribution in [0.25, 0.3) is 21.8 Å². The molecule has 0 aliphatic heterocycles. The number of fused-ring (bicyclic) bond motifs is 2. The maximum absolute atomic E-state index is 5.50. The van der Waals surface area contributed by atoms with E-state index in [-0.39, 0.29) is 0 Å². The predicted octanol–water partition coefficient (Wildman–Crippen LogP) is 9.00. The number of para-hydroxylation sites is 2. The van der Waals surface area contributed by atoms with Crippen LogP contribution in [-0.2, 0) is 6.54 Å². The second-order valence-electron chi connectivity index (χ2n) is 12.0. The van der Waals surface area contributed by atoms with Crippen LogP contribution in [0.5, 0.6) is 11.5 Å². The first-order valence-electron chi connectivity index (χ1n) is 16.5. The lowest BCUT2D eigenvalue weighted by atomic mass is 10.1. The van der Waals surface area contributed by atoms with Gasteiger partial charge in [0.1, 0.15) is 11.5 Å². The van der Waals surface area contributed by atoms with Crippen LogP contribution in [0.1, 0.15) is 68.3 Å². The average Bonchev–Trinajstić information content (AvgIpc) is 3.06. The summed E-state index contributed by atoms with van der Waals surface area (Å²) in [7, 11) is 3.39. The molecule has 0 saturated heterocycles. The SMILES string of the molecule is COc1cc(C[n+]2c(C)cc(NCCCCCCCCCCNc3cc(C)nc4ccccc34)c3ccccc32)cc(OC)c1. The number of hydrogen-bond donors (Lipinski definition) is 2. The Bertz CT molecular complexity index is 1680. The molecule has 3 aromatic carbocycles. The molecule has 0 unspecified atom stereocenters. The van der Waals surface area contributed by atoms with Crippen LogP contribution in [0.4, 0.5) is 11.4 Å². The molecule has 0 aliphatic carbocycles. The maximum atomic E-state index is 5.50. The Hall–Kier alpha value is -4.32. The smallest absolute Gasteiger partial charge is 0.215 e. The summed E-state index contributed by atoms with van der Waals surface area (Å²) < 4.78 is 13.4. The monoisotopic (exact) mass is 605 g/mol. The molecular weight excluding hydrogens is 556 g/mol. The van der Waals surface area contributed by atoms with Gasteiger partial charge in [0.15, 0.2) is 12.2 Å². The molecule has 0 aliphatic rings. The lowest BCUT2D eigenvalue weighted by Gasteiger charge is -2.13. The number of hydrogen-bond acceptors (Lipinski definition) is 5. The van der Waals surface area contributed by atoms with Crippen LogP contribution < -0.4 is 24.7 Å². The normalized spacial score (nSPS) is 11.2. The standard InChI is InChI=1S/C39H48N4O2/c1-29-23-37(34-17-11-13-19-36(34)42-29)40-21-15-9-7-5-6-8-10-16-22-41-38-24-30(2)43(39-20-14-12-18-35(38)39)28-31-25-32(44-3)27-33(26-31)45-4/h11-14,17-20,23-27H,5-10,15-16,21-22,28H2,1-4H3,(H,40,42)/p+1. The number of nitrogens with one attached hydrogen (secondary N) is 2. The van der Waals surface area contributed by atoms with Gasteiger partial charge in [0.05, 0.1) is 30.8 Å². The lowest BCUT2D eigenvalue weighted by molar-refractivity contribution is -0.668. The Labute approximate surface area is 268 Å². The van der Waals surface area contributed by atoms with Crippen LogP contribution >= 0.6 is 0 Å². The van der Waals surface area contributed by atoms with Crippen molar-refractivity contribution in [1.82, 2.24) is 4.98 Å². The van der Waals surface area contributed by atoms with Gasteiger partial charge < -0.3 is 20.1 Å². The molecule has 45 heavy (non-hydrogen) atoms. The number of aromatic nitrogens is 2. The van der Waals surface area contributed by atoms with E-state index in [1.165, 1.54) is 84.7 Å². The summed E-state index contributed by atoms with van der Waals surface area (Å²) in [5.74, 6) is 1.62. The minimum absolute atomic E-state index is 0.748. The fraction of sp³-hybridized carbons (Fsp3) is 0.385. The Kier molecular flexibility index (Phi) is 11.5. The average molecular weight is 606 g/mol. The molecule has 6 nitrogen and oxygen atoms in total. The number of nitrogens with zero attached hydrogens (tertiary/aromatic N) is 2. The van der Waals surface area contributed by atoms with Crippen LogP contribution in [0.2, 0.25) is 0 Å². The largest absolute Gasteiger partial charge is 0.497 e. The van der Waals surface area contributed by atoms with Crippen LogP contribution in [0, 0.1) is 13.8 Å². The summed E-state index contributed by atoms with van der Waals surface area (Å²) in [5.41, 5.74) is 8.14. The Morgan fingerprint density at radius 2 is 1.18 bits per heavy atom. The first-order valence-corrected chi connectivity index (χ1v) is 16.5. The van der Waals surface area contributed by atoms with Gasteiger partial charge in [-0.25, -0.2) is 0 Å². The van der Waals surface area contributed by atoms with Gasteiger partial charge in [0, 0.05) is 60.5 Å². The molecular formula is C39H49N4O2+. The minimum Gasteiger partial charge on any atom is -0.497 e. The molecule has 6 heteroatoms. The van der Waals surface area contributed by atoms with E-state index < -0.39 is 0 Å². The van der Waals surface area contributed by atoms with Crippen molar-refractivity contribution < 1.29 is 14.0 Å². The summed E-state index contributed by atoms with van der Waals surface area (Å²) in [4.78, 5) is 4.65. The number of benzene rings is 3. The highest BCUT2D eigenvalue weighted by Gasteiger charge is 2.18. The predicted molar refractivity (Wildman–Crippen MR) is 188 cm³/mol. The third kappa shape index (κ3) is 8.65. The summed E-state index contributed by atoms with van der Waals surface area (Å²) in [6.07, 6.45) is 10.2. The van der Waals surface area contributed by atoms with Crippen molar-refractivity contribution in [2.24, 2.45) is 0 Å². The highest BCUT2D eigenvalue weighted by Crippen LogP contribution is 2.26. The van der Waals surface area contributed by atoms with Crippen molar-refractivity contribution in [2.75, 3.05) is 37.9 Å². The van der Waals surface area contributed by atoms with Crippen molar-refractivity contribution in [2.45, 2.75) is 71.8 Å². The van der Waals surface area contributed by atoms with E-state index in [0.717, 1.165) is 47.9 Å². The summed E-state index contributed by atoms with van der Waals surface area (Å²) >= 11 is 0. The number of rotatable bonds is 17. The quantitative estimate of drug-likeness (QED) is 0.0818. The zero-order valence-corrected chi connectivity index (χ0v) is 27.5. The Balaban J connectivity index is 1.02. The van der Waals surface area contributed by atoms with Crippen molar-refractivity contribution in [3.8, 4) is 11.5 Å². The summed E-state index contributed by atoms with van der Waals surface area (Å²) in [6.45, 7) is 7.01. The van der Waals surface area contributed by atoms with Crippen molar-refractivity contribution in [1.29, 1.82) is 0 Å². The second kappa shape index (κ2) is 16.1. The van der Waals surface area contributed by atoms with Gasteiger partial charge in [-0.2, -0.15) is 4.57 Å². The van der Waals surface area contributed by atoms with Gasteiger partial charge in [-0.15, -0.1) is 0 Å². The third-order valence-corrected chi connectivity index (χ3v) is 8.59. The fourth-order valence-electron chi connectivity index (χ4n) is 6.20. The van der Waals surface area contributed by atoms with Crippen LogP contribution in [0.3, 0.4) is 0 Å². The third-order valence-electron chi connectivity index (χ3n) is 8.59. The molecule has 0 amide bonds. The number of anilines is 2. The number of ether oxygens (including phenoxy) is 2. The zero-order valence-electron chi connectivity index (χ0n) is 27.5. The van der Waals surface area contributed by atoms with Gasteiger partial charge in [0.25, 0.3) is 0 Å². The molecule has 0 bridgehead atoms. The number of unbranched alkanes of at least 4 members (excludes halogenated alkanes) is 7. The first kappa shape index (κ1) is 32.1. The molecule has 0 spiro atoms. The molecule has 2 N–H and O–H groups in total. The number of methoxy groups -OCH3 is 2. The lowest BCUT2D eigenvalue weighted by Crippen LogP contribution is -2.38. The van der Waals surface area contributed by atoms with Crippen molar-refractivity contribution >= 4 is 33.2 Å². The molecule has 2 aromatic heterocycles. The first-order chi connectivity index (χ1) is 22.1. The van der Waals surface area contributed by atoms with Gasteiger partial charge >= 0.3 is 0 Å². The van der Waals surface area contributed by atoms with E-state index in [0.29, 0.717) is 0 Å². The molecule has 0 atom stereocenters.